The zero-order valence-corrected chi connectivity index (χ0v) is 8.20. The molecule has 1 aliphatic carbocycles. The molecule has 1 heterocycles. The van der Waals surface area contributed by atoms with E-state index in [1.165, 1.54) is 0 Å². The Morgan fingerprint density at radius 1 is 1.57 bits per heavy atom. The van der Waals surface area contributed by atoms with Crippen LogP contribution in [0.3, 0.4) is 0 Å². The number of rotatable bonds is 3. The molecule has 1 atom stereocenters. The standard InChI is InChI=1S/C11H13N3/c1-13-10(11(8-12)5-6-11)9-4-2-3-7-14-9/h2-4,7,10,13H,5-6H2,1H3. The SMILES string of the molecule is CNC(c1ccccn1)C1(C#N)CC1. The molecule has 1 aliphatic rings. The first-order valence-corrected chi connectivity index (χ1v) is 4.82. The summed E-state index contributed by atoms with van der Waals surface area (Å²) in [5.74, 6) is 0. The van der Waals surface area contributed by atoms with Gasteiger partial charge in [0.1, 0.15) is 0 Å². The molecule has 0 saturated heterocycles. The normalized spacial score (nSPS) is 19.7. The van der Waals surface area contributed by atoms with Gasteiger partial charge in [0, 0.05) is 6.20 Å². The van der Waals surface area contributed by atoms with Gasteiger partial charge in [-0.1, -0.05) is 6.07 Å². The number of nitrogens with zero attached hydrogens (tertiary/aromatic N) is 2. The second-order valence-corrected chi connectivity index (χ2v) is 3.74. The minimum Gasteiger partial charge on any atom is -0.310 e. The number of pyridine rings is 1. The summed E-state index contributed by atoms with van der Waals surface area (Å²) in [5, 5.41) is 12.3. The summed E-state index contributed by atoms with van der Waals surface area (Å²) in [6, 6.07) is 8.30. The van der Waals surface area contributed by atoms with Gasteiger partial charge < -0.3 is 5.32 Å². The molecule has 3 nitrogen and oxygen atoms in total. The van der Waals surface area contributed by atoms with E-state index in [9.17, 15) is 0 Å². The maximum Gasteiger partial charge on any atom is 0.0784 e. The van der Waals surface area contributed by atoms with Crippen LogP contribution < -0.4 is 5.32 Å². The van der Waals surface area contributed by atoms with Crippen molar-refractivity contribution in [3.63, 3.8) is 0 Å². The Morgan fingerprint density at radius 3 is 2.79 bits per heavy atom. The molecule has 2 rings (SSSR count). The van der Waals surface area contributed by atoms with Gasteiger partial charge in [0.15, 0.2) is 0 Å². The smallest absolute Gasteiger partial charge is 0.0784 e. The molecule has 1 unspecified atom stereocenters. The molecule has 0 aromatic carbocycles. The van der Waals surface area contributed by atoms with Crippen molar-refractivity contribution in [2.75, 3.05) is 7.05 Å². The molecule has 1 saturated carbocycles. The Kier molecular flexibility index (Phi) is 2.22. The van der Waals surface area contributed by atoms with Gasteiger partial charge >= 0.3 is 0 Å². The largest absolute Gasteiger partial charge is 0.310 e. The molecule has 1 fully saturated rings. The summed E-state index contributed by atoms with van der Waals surface area (Å²) in [5.41, 5.74) is 0.761. The van der Waals surface area contributed by atoms with E-state index in [2.05, 4.69) is 16.4 Å². The van der Waals surface area contributed by atoms with Crippen molar-refractivity contribution in [2.45, 2.75) is 18.9 Å². The van der Waals surface area contributed by atoms with Crippen molar-refractivity contribution >= 4 is 0 Å². The van der Waals surface area contributed by atoms with Crippen LogP contribution in [0.4, 0.5) is 0 Å². The highest BCUT2D eigenvalue weighted by molar-refractivity contribution is 5.23. The third kappa shape index (κ3) is 1.38. The Hall–Kier alpha value is -1.40. The summed E-state index contributed by atoms with van der Waals surface area (Å²) >= 11 is 0. The minimum atomic E-state index is -0.205. The number of nitriles is 1. The molecule has 0 spiro atoms. The van der Waals surface area contributed by atoms with Crippen LogP contribution >= 0.6 is 0 Å². The lowest BCUT2D eigenvalue weighted by Gasteiger charge is -2.19. The molecule has 0 amide bonds. The highest BCUT2D eigenvalue weighted by Gasteiger charge is 2.50. The second kappa shape index (κ2) is 3.39. The van der Waals surface area contributed by atoms with Crippen LogP contribution in [0.25, 0.3) is 0 Å². The lowest BCUT2D eigenvalue weighted by Crippen LogP contribution is -2.26. The molecule has 1 aromatic rings. The molecule has 1 N–H and O–H groups in total. The first-order valence-electron chi connectivity index (χ1n) is 4.82. The predicted octanol–water partition coefficient (Wildman–Crippen LogP) is 1.65. The van der Waals surface area contributed by atoms with Crippen molar-refractivity contribution in [3.05, 3.63) is 30.1 Å². The van der Waals surface area contributed by atoms with E-state index in [1.807, 2.05) is 25.2 Å². The summed E-state index contributed by atoms with van der Waals surface area (Å²) in [7, 11) is 1.89. The van der Waals surface area contributed by atoms with E-state index < -0.39 is 0 Å². The topological polar surface area (TPSA) is 48.7 Å². The van der Waals surface area contributed by atoms with E-state index in [0.29, 0.717) is 0 Å². The van der Waals surface area contributed by atoms with Crippen LogP contribution in [0.1, 0.15) is 24.6 Å². The van der Waals surface area contributed by atoms with Crippen LogP contribution in [0.2, 0.25) is 0 Å². The van der Waals surface area contributed by atoms with Crippen LogP contribution in [-0.2, 0) is 0 Å². The predicted molar refractivity (Wildman–Crippen MR) is 53.3 cm³/mol. The van der Waals surface area contributed by atoms with E-state index in [4.69, 9.17) is 5.26 Å². The van der Waals surface area contributed by atoms with Crippen molar-refractivity contribution in [3.8, 4) is 6.07 Å². The summed E-state index contributed by atoms with van der Waals surface area (Å²) in [6.07, 6.45) is 3.73. The van der Waals surface area contributed by atoms with Gasteiger partial charge in [0.05, 0.1) is 23.2 Å². The van der Waals surface area contributed by atoms with Crippen LogP contribution in [0.15, 0.2) is 24.4 Å². The molecule has 3 heteroatoms. The molecule has 72 valence electrons. The van der Waals surface area contributed by atoms with Crippen LogP contribution in [0.5, 0.6) is 0 Å². The second-order valence-electron chi connectivity index (χ2n) is 3.74. The van der Waals surface area contributed by atoms with Gasteiger partial charge in [-0.3, -0.25) is 4.98 Å². The third-order valence-corrected chi connectivity index (χ3v) is 2.84. The summed E-state index contributed by atoms with van der Waals surface area (Å²) < 4.78 is 0. The van der Waals surface area contributed by atoms with E-state index in [1.54, 1.807) is 6.20 Å². The van der Waals surface area contributed by atoms with E-state index in [-0.39, 0.29) is 11.5 Å². The lowest BCUT2D eigenvalue weighted by molar-refractivity contribution is 0.434. The lowest BCUT2D eigenvalue weighted by atomic mass is 9.95. The molecular weight excluding hydrogens is 174 g/mol. The first-order chi connectivity index (χ1) is 6.82. The average molecular weight is 187 g/mol. The van der Waals surface area contributed by atoms with Crippen molar-refractivity contribution in [1.29, 1.82) is 5.26 Å². The van der Waals surface area contributed by atoms with Gasteiger partial charge in [0.2, 0.25) is 0 Å². The molecule has 0 bridgehead atoms. The van der Waals surface area contributed by atoms with Gasteiger partial charge in [-0.25, -0.2) is 0 Å². The van der Waals surface area contributed by atoms with Gasteiger partial charge in [0.25, 0.3) is 0 Å². The minimum absolute atomic E-state index is 0.0775. The highest BCUT2D eigenvalue weighted by Crippen LogP contribution is 2.53. The van der Waals surface area contributed by atoms with Crippen LogP contribution in [-0.4, -0.2) is 12.0 Å². The molecule has 14 heavy (non-hydrogen) atoms. The van der Waals surface area contributed by atoms with Crippen molar-refractivity contribution < 1.29 is 0 Å². The Bertz CT molecular complexity index is 349. The molecular formula is C11H13N3. The quantitative estimate of drug-likeness (QED) is 0.782. The van der Waals surface area contributed by atoms with E-state index in [0.717, 1.165) is 18.5 Å². The van der Waals surface area contributed by atoms with Gasteiger partial charge in [-0.05, 0) is 32.0 Å². The molecule has 0 aliphatic heterocycles. The molecule has 0 radical (unpaired) electrons. The Balaban J connectivity index is 2.28. The summed E-state index contributed by atoms with van der Waals surface area (Å²) in [6.45, 7) is 0. The van der Waals surface area contributed by atoms with E-state index >= 15 is 0 Å². The number of hydrogen-bond acceptors (Lipinski definition) is 3. The number of aromatic nitrogens is 1. The monoisotopic (exact) mass is 187 g/mol. The summed E-state index contributed by atoms with van der Waals surface area (Å²) in [4.78, 5) is 4.29. The fourth-order valence-electron chi connectivity index (χ4n) is 1.85. The first kappa shape index (κ1) is 9.17. The van der Waals surface area contributed by atoms with Gasteiger partial charge in [-0.2, -0.15) is 5.26 Å². The fraction of sp³-hybridized carbons (Fsp3) is 0.455. The van der Waals surface area contributed by atoms with Crippen LogP contribution in [0, 0.1) is 16.7 Å². The Morgan fingerprint density at radius 2 is 2.36 bits per heavy atom. The highest BCUT2D eigenvalue weighted by atomic mass is 14.9. The zero-order chi connectivity index (χ0) is 10.0. The maximum atomic E-state index is 9.10. The number of hydrogen-bond donors (Lipinski definition) is 1. The average Bonchev–Trinajstić information content (AvgIpc) is 3.02. The van der Waals surface area contributed by atoms with Crippen molar-refractivity contribution in [2.24, 2.45) is 5.41 Å². The van der Waals surface area contributed by atoms with Gasteiger partial charge in [-0.15, -0.1) is 0 Å². The zero-order valence-electron chi connectivity index (χ0n) is 8.20. The molecule has 1 aromatic heterocycles. The van der Waals surface area contributed by atoms with Crippen molar-refractivity contribution in [1.82, 2.24) is 10.3 Å². The fourth-order valence-corrected chi connectivity index (χ4v) is 1.85. The Labute approximate surface area is 83.8 Å². The number of nitrogens with one attached hydrogen (secondary N) is 1. The third-order valence-electron chi connectivity index (χ3n) is 2.84. The maximum absolute atomic E-state index is 9.10.